The van der Waals surface area contributed by atoms with E-state index in [-0.39, 0.29) is 17.9 Å². The summed E-state index contributed by atoms with van der Waals surface area (Å²) in [7, 11) is 0. The first-order valence-electron chi connectivity index (χ1n) is 6.60. The van der Waals surface area contributed by atoms with E-state index in [2.05, 4.69) is 5.32 Å². The third-order valence-corrected chi connectivity index (χ3v) is 3.26. The fourth-order valence-corrected chi connectivity index (χ4v) is 1.97. The van der Waals surface area contributed by atoms with Crippen molar-refractivity contribution in [3.05, 3.63) is 64.7 Å². The van der Waals surface area contributed by atoms with Gasteiger partial charge in [-0.25, -0.2) is 8.78 Å². The molecule has 0 saturated heterocycles. The Bertz CT molecular complexity index is 684. The van der Waals surface area contributed by atoms with Gasteiger partial charge in [-0.15, -0.1) is 0 Å². The lowest BCUT2D eigenvalue weighted by Crippen LogP contribution is -2.29. The average Bonchev–Trinajstić information content (AvgIpc) is 2.47. The molecular formula is C16H15F2NO3. The Labute approximate surface area is 126 Å². The van der Waals surface area contributed by atoms with Crippen LogP contribution in [-0.4, -0.2) is 22.7 Å². The fraction of sp³-hybridized carbons (Fsp3) is 0.188. The number of aromatic hydroxyl groups is 1. The zero-order chi connectivity index (χ0) is 16.3. The molecule has 1 atom stereocenters. The van der Waals surface area contributed by atoms with Crippen molar-refractivity contribution in [3.8, 4) is 5.75 Å². The third-order valence-electron chi connectivity index (χ3n) is 3.26. The zero-order valence-electron chi connectivity index (χ0n) is 11.8. The number of aryl methyl sites for hydroxylation is 1. The molecule has 4 nitrogen and oxygen atoms in total. The van der Waals surface area contributed by atoms with Gasteiger partial charge in [-0.2, -0.15) is 0 Å². The van der Waals surface area contributed by atoms with Crippen LogP contribution in [0.15, 0.2) is 36.4 Å². The Balaban J connectivity index is 2.06. The van der Waals surface area contributed by atoms with Crippen molar-refractivity contribution < 1.29 is 23.8 Å². The number of carbonyl (C=O) groups is 1. The lowest BCUT2D eigenvalue weighted by molar-refractivity contribution is 0.0911. The van der Waals surface area contributed by atoms with Crippen LogP contribution >= 0.6 is 0 Å². The summed E-state index contributed by atoms with van der Waals surface area (Å²) in [5.41, 5.74) is 0.309. The molecule has 22 heavy (non-hydrogen) atoms. The Morgan fingerprint density at radius 3 is 2.45 bits per heavy atom. The monoisotopic (exact) mass is 307 g/mol. The molecule has 2 aromatic carbocycles. The third kappa shape index (κ3) is 3.40. The summed E-state index contributed by atoms with van der Waals surface area (Å²) in [4.78, 5) is 11.9. The van der Waals surface area contributed by atoms with Gasteiger partial charge in [-0.3, -0.25) is 4.79 Å². The SMILES string of the molecule is Cc1ccc(C(=O)NCC(O)c2c(F)cccc2F)cc1O. The molecule has 0 heterocycles. The number of benzene rings is 2. The summed E-state index contributed by atoms with van der Waals surface area (Å²) in [5, 5.41) is 21.7. The van der Waals surface area contributed by atoms with Crippen molar-refractivity contribution in [2.24, 2.45) is 0 Å². The number of halogens is 2. The molecule has 0 aliphatic carbocycles. The van der Waals surface area contributed by atoms with Gasteiger partial charge in [-0.1, -0.05) is 12.1 Å². The molecule has 3 N–H and O–H groups in total. The van der Waals surface area contributed by atoms with Crippen molar-refractivity contribution in [2.75, 3.05) is 6.54 Å². The first kappa shape index (κ1) is 15.9. The average molecular weight is 307 g/mol. The standard InChI is InChI=1S/C16H15F2NO3/c1-9-5-6-10(7-13(9)20)16(22)19-8-14(21)15-11(17)3-2-4-12(15)18/h2-7,14,20-21H,8H2,1H3,(H,19,22). The maximum atomic E-state index is 13.5. The molecule has 0 aromatic heterocycles. The topological polar surface area (TPSA) is 69.6 Å². The Morgan fingerprint density at radius 1 is 1.23 bits per heavy atom. The predicted molar refractivity (Wildman–Crippen MR) is 76.5 cm³/mol. The van der Waals surface area contributed by atoms with Crippen molar-refractivity contribution >= 4 is 5.91 Å². The molecule has 6 heteroatoms. The largest absolute Gasteiger partial charge is 0.508 e. The number of rotatable bonds is 4. The maximum absolute atomic E-state index is 13.5. The number of phenols is 1. The molecule has 0 radical (unpaired) electrons. The van der Waals surface area contributed by atoms with Crippen molar-refractivity contribution in [2.45, 2.75) is 13.0 Å². The lowest BCUT2D eigenvalue weighted by Gasteiger charge is -2.14. The number of phenolic OH excluding ortho intramolecular Hbond substituents is 1. The highest BCUT2D eigenvalue weighted by molar-refractivity contribution is 5.94. The molecular weight excluding hydrogens is 292 g/mol. The van der Waals surface area contributed by atoms with Crippen molar-refractivity contribution in [1.82, 2.24) is 5.32 Å². The lowest BCUT2D eigenvalue weighted by atomic mass is 10.1. The molecule has 0 aliphatic rings. The summed E-state index contributed by atoms with van der Waals surface area (Å²) in [5.74, 6) is -2.36. The van der Waals surface area contributed by atoms with Crippen LogP contribution < -0.4 is 5.32 Å². The van der Waals surface area contributed by atoms with E-state index in [1.165, 1.54) is 18.2 Å². The van der Waals surface area contributed by atoms with Gasteiger partial charge in [0.05, 0.1) is 5.56 Å². The van der Waals surface area contributed by atoms with E-state index in [0.29, 0.717) is 5.56 Å². The smallest absolute Gasteiger partial charge is 0.251 e. The van der Waals surface area contributed by atoms with E-state index in [1.54, 1.807) is 13.0 Å². The zero-order valence-corrected chi connectivity index (χ0v) is 11.8. The van der Waals surface area contributed by atoms with Crippen LogP contribution in [0.5, 0.6) is 5.75 Å². The molecule has 0 saturated carbocycles. The van der Waals surface area contributed by atoms with Crippen LogP contribution in [0.1, 0.15) is 27.6 Å². The Morgan fingerprint density at radius 2 is 1.86 bits per heavy atom. The predicted octanol–water partition coefficient (Wildman–Crippen LogP) is 2.44. The van der Waals surface area contributed by atoms with Crippen molar-refractivity contribution in [3.63, 3.8) is 0 Å². The fourth-order valence-electron chi connectivity index (χ4n) is 1.97. The highest BCUT2D eigenvalue weighted by Crippen LogP contribution is 2.20. The van der Waals surface area contributed by atoms with Gasteiger partial charge >= 0.3 is 0 Å². The van der Waals surface area contributed by atoms with Crippen LogP contribution in [-0.2, 0) is 0 Å². The van der Waals surface area contributed by atoms with Crippen LogP contribution in [0.4, 0.5) is 8.78 Å². The van der Waals surface area contributed by atoms with Crippen LogP contribution in [0.3, 0.4) is 0 Å². The minimum absolute atomic E-state index is 0.0339. The van der Waals surface area contributed by atoms with Gasteiger partial charge < -0.3 is 15.5 Å². The highest BCUT2D eigenvalue weighted by Gasteiger charge is 2.18. The van der Waals surface area contributed by atoms with Crippen LogP contribution in [0.2, 0.25) is 0 Å². The first-order valence-corrected chi connectivity index (χ1v) is 6.60. The Hall–Kier alpha value is -2.47. The summed E-state index contributed by atoms with van der Waals surface area (Å²) >= 11 is 0. The molecule has 0 aliphatic heterocycles. The second kappa shape index (κ2) is 6.53. The van der Waals surface area contributed by atoms with E-state index in [4.69, 9.17) is 0 Å². The molecule has 0 bridgehead atoms. The van der Waals surface area contributed by atoms with Crippen LogP contribution in [0.25, 0.3) is 0 Å². The van der Waals surface area contributed by atoms with E-state index in [9.17, 15) is 23.8 Å². The van der Waals surface area contributed by atoms with Gasteiger partial charge in [0, 0.05) is 12.1 Å². The number of carbonyl (C=O) groups excluding carboxylic acids is 1. The van der Waals surface area contributed by atoms with Crippen molar-refractivity contribution in [1.29, 1.82) is 0 Å². The van der Waals surface area contributed by atoms with Gasteiger partial charge in [0.25, 0.3) is 5.91 Å². The van der Waals surface area contributed by atoms with Crippen LogP contribution in [0, 0.1) is 18.6 Å². The highest BCUT2D eigenvalue weighted by atomic mass is 19.1. The number of aliphatic hydroxyl groups is 1. The quantitative estimate of drug-likeness (QED) is 0.812. The van der Waals surface area contributed by atoms with E-state index in [0.717, 1.165) is 12.1 Å². The first-order chi connectivity index (χ1) is 10.4. The summed E-state index contributed by atoms with van der Waals surface area (Å²) in [6, 6.07) is 7.59. The number of nitrogens with one attached hydrogen (secondary N) is 1. The van der Waals surface area contributed by atoms with Gasteiger partial charge in [0.2, 0.25) is 0 Å². The van der Waals surface area contributed by atoms with Gasteiger partial charge in [0.1, 0.15) is 23.5 Å². The molecule has 0 spiro atoms. The minimum atomic E-state index is -1.51. The second-order valence-corrected chi connectivity index (χ2v) is 4.86. The molecule has 2 rings (SSSR count). The Kier molecular flexibility index (Phi) is 4.72. The molecule has 2 aromatic rings. The number of amides is 1. The summed E-state index contributed by atoms with van der Waals surface area (Å²) < 4.78 is 27.0. The molecule has 0 fully saturated rings. The van der Waals surface area contributed by atoms with Gasteiger partial charge in [-0.05, 0) is 36.8 Å². The molecule has 1 amide bonds. The molecule has 1 unspecified atom stereocenters. The number of hydrogen-bond acceptors (Lipinski definition) is 3. The van der Waals surface area contributed by atoms with E-state index >= 15 is 0 Å². The van der Waals surface area contributed by atoms with E-state index < -0.39 is 29.2 Å². The normalized spacial score (nSPS) is 12.0. The summed E-state index contributed by atoms with van der Waals surface area (Å²) in [6.45, 7) is 1.33. The molecule has 116 valence electrons. The van der Waals surface area contributed by atoms with Gasteiger partial charge in [0.15, 0.2) is 0 Å². The minimum Gasteiger partial charge on any atom is -0.508 e. The summed E-state index contributed by atoms with van der Waals surface area (Å²) in [6.07, 6.45) is -1.51. The van der Waals surface area contributed by atoms with E-state index in [1.807, 2.05) is 0 Å². The number of aliphatic hydroxyl groups excluding tert-OH is 1. The maximum Gasteiger partial charge on any atom is 0.251 e. The number of hydrogen-bond donors (Lipinski definition) is 3. The second-order valence-electron chi connectivity index (χ2n) is 4.86.